The molecule has 22 heavy (non-hydrogen) atoms. The van der Waals surface area contributed by atoms with Crippen LogP contribution >= 0.6 is 15.9 Å². The molecule has 0 saturated carbocycles. The zero-order valence-corrected chi connectivity index (χ0v) is 13.6. The van der Waals surface area contributed by atoms with Gasteiger partial charge in [-0.25, -0.2) is 4.68 Å². The Hall–Kier alpha value is -2.42. The molecule has 0 spiro atoms. The summed E-state index contributed by atoms with van der Waals surface area (Å²) < 4.78 is 5.95. The number of nitrogens with zero attached hydrogens (tertiary/aromatic N) is 6. The minimum Gasteiger partial charge on any atom is -0.318 e. The Morgan fingerprint density at radius 3 is 2.77 bits per heavy atom. The van der Waals surface area contributed by atoms with Gasteiger partial charge in [-0.3, -0.25) is 14.2 Å². The number of nitrogens with one attached hydrogen (secondary N) is 1. The molecule has 0 radical (unpaired) electrons. The maximum Gasteiger partial charge on any atom is 0.276 e. The molecule has 0 unspecified atom stereocenters. The second-order valence-electron chi connectivity index (χ2n) is 4.80. The van der Waals surface area contributed by atoms with Crippen LogP contribution in [0, 0.1) is 6.92 Å². The Morgan fingerprint density at radius 1 is 1.32 bits per heavy atom. The number of aromatic nitrogens is 6. The number of hydrogen-bond donors (Lipinski definition) is 1. The quantitative estimate of drug-likeness (QED) is 0.763. The third kappa shape index (κ3) is 2.93. The van der Waals surface area contributed by atoms with E-state index in [1.807, 2.05) is 20.2 Å². The molecule has 1 N–H and O–H groups in total. The Labute approximate surface area is 134 Å². The highest BCUT2D eigenvalue weighted by atomic mass is 79.9. The van der Waals surface area contributed by atoms with Crippen molar-refractivity contribution < 1.29 is 4.79 Å². The van der Waals surface area contributed by atoms with Crippen molar-refractivity contribution >= 4 is 27.5 Å². The summed E-state index contributed by atoms with van der Waals surface area (Å²) in [5.74, 6) is -0.267. The molecule has 9 heteroatoms. The third-order valence-corrected chi connectivity index (χ3v) is 3.66. The van der Waals surface area contributed by atoms with E-state index in [-0.39, 0.29) is 5.91 Å². The lowest BCUT2D eigenvalue weighted by Crippen LogP contribution is -2.15. The molecule has 0 aliphatic carbocycles. The third-order valence-electron chi connectivity index (χ3n) is 3.25. The van der Waals surface area contributed by atoms with Gasteiger partial charge in [-0.2, -0.15) is 15.3 Å². The van der Waals surface area contributed by atoms with Crippen molar-refractivity contribution in [2.45, 2.75) is 13.6 Å². The second kappa shape index (κ2) is 5.76. The number of amides is 1. The summed E-state index contributed by atoms with van der Waals surface area (Å²) in [6.45, 7) is 2.32. The number of rotatable bonds is 4. The average molecular weight is 364 g/mol. The predicted molar refractivity (Wildman–Crippen MR) is 83.5 cm³/mol. The summed E-state index contributed by atoms with van der Waals surface area (Å²) in [5, 5.41) is 15.3. The Bertz CT molecular complexity index is 816. The minimum atomic E-state index is -0.267. The molecule has 0 aliphatic rings. The van der Waals surface area contributed by atoms with Gasteiger partial charge in [0.15, 0.2) is 5.69 Å². The molecular weight excluding hydrogens is 350 g/mol. The van der Waals surface area contributed by atoms with Gasteiger partial charge in [0.2, 0.25) is 0 Å². The fourth-order valence-electron chi connectivity index (χ4n) is 1.93. The van der Waals surface area contributed by atoms with Crippen LogP contribution in [0.2, 0.25) is 0 Å². The van der Waals surface area contributed by atoms with E-state index in [0.717, 1.165) is 10.2 Å². The summed E-state index contributed by atoms with van der Waals surface area (Å²) in [7, 11) is 1.82. The Kier molecular flexibility index (Phi) is 3.80. The first-order valence-corrected chi connectivity index (χ1v) is 7.33. The summed E-state index contributed by atoms with van der Waals surface area (Å²) in [4.78, 5) is 12.2. The second-order valence-corrected chi connectivity index (χ2v) is 5.72. The van der Waals surface area contributed by atoms with E-state index >= 15 is 0 Å². The first-order chi connectivity index (χ1) is 10.5. The van der Waals surface area contributed by atoms with Crippen LogP contribution in [-0.4, -0.2) is 35.2 Å². The first-order valence-electron chi connectivity index (χ1n) is 6.54. The fraction of sp³-hybridized carbons (Fsp3) is 0.231. The maximum absolute atomic E-state index is 12.2. The maximum atomic E-state index is 12.2. The number of anilines is 1. The smallest absolute Gasteiger partial charge is 0.276 e. The Morgan fingerprint density at radius 2 is 2.14 bits per heavy atom. The summed E-state index contributed by atoms with van der Waals surface area (Å²) in [6.07, 6.45) is 6.88. The van der Waals surface area contributed by atoms with Gasteiger partial charge in [0.1, 0.15) is 6.67 Å². The van der Waals surface area contributed by atoms with Gasteiger partial charge in [0, 0.05) is 19.4 Å². The van der Waals surface area contributed by atoms with E-state index in [0.29, 0.717) is 18.1 Å². The van der Waals surface area contributed by atoms with Crippen LogP contribution in [0.1, 0.15) is 16.2 Å². The lowest BCUT2D eigenvalue weighted by molar-refractivity contribution is 0.102. The van der Waals surface area contributed by atoms with Crippen molar-refractivity contribution in [2.75, 3.05) is 5.32 Å². The number of halogens is 1. The zero-order valence-electron chi connectivity index (χ0n) is 12.1. The van der Waals surface area contributed by atoms with E-state index in [9.17, 15) is 4.79 Å². The lowest BCUT2D eigenvalue weighted by Gasteiger charge is -2.03. The molecule has 0 fully saturated rings. The van der Waals surface area contributed by atoms with Crippen LogP contribution in [-0.2, 0) is 13.7 Å². The molecule has 1 amide bonds. The average Bonchev–Trinajstić information content (AvgIpc) is 3.17. The fourth-order valence-corrected chi connectivity index (χ4v) is 2.26. The van der Waals surface area contributed by atoms with E-state index in [1.165, 1.54) is 0 Å². The van der Waals surface area contributed by atoms with Gasteiger partial charge < -0.3 is 5.32 Å². The van der Waals surface area contributed by atoms with Gasteiger partial charge in [0.25, 0.3) is 5.91 Å². The molecule has 0 bridgehead atoms. The largest absolute Gasteiger partial charge is 0.318 e. The van der Waals surface area contributed by atoms with E-state index in [1.54, 1.807) is 38.7 Å². The predicted octanol–water partition coefficient (Wildman–Crippen LogP) is 1.64. The first kappa shape index (κ1) is 14.5. The van der Waals surface area contributed by atoms with Crippen LogP contribution in [0.3, 0.4) is 0 Å². The van der Waals surface area contributed by atoms with Crippen molar-refractivity contribution in [3.63, 3.8) is 0 Å². The highest BCUT2D eigenvalue weighted by Gasteiger charge is 2.13. The van der Waals surface area contributed by atoms with Gasteiger partial charge in [-0.15, -0.1) is 0 Å². The van der Waals surface area contributed by atoms with E-state index < -0.39 is 0 Å². The normalized spacial score (nSPS) is 10.9. The summed E-state index contributed by atoms with van der Waals surface area (Å²) in [6, 6.07) is 1.67. The SMILES string of the molecule is Cc1c(NC(=O)c2ccn(Cn3cc(Br)cn3)n2)cnn1C. The van der Waals surface area contributed by atoms with Crippen molar-refractivity contribution in [2.24, 2.45) is 7.05 Å². The molecule has 0 aliphatic heterocycles. The van der Waals surface area contributed by atoms with Gasteiger partial charge >= 0.3 is 0 Å². The van der Waals surface area contributed by atoms with E-state index in [2.05, 4.69) is 36.5 Å². The molecule has 3 aromatic heterocycles. The van der Waals surface area contributed by atoms with Crippen molar-refractivity contribution in [1.29, 1.82) is 0 Å². The van der Waals surface area contributed by atoms with Gasteiger partial charge in [0.05, 0.1) is 28.2 Å². The van der Waals surface area contributed by atoms with Crippen molar-refractivity contribution in [1.82, 2.24) is 29.3 Å². The molecule has 0 aromatic carbocycles. The molecule has 3 rings (SSSR count). The van der Waals surface area contributed by atoms with Crippen LogP contribution < -0.4 is 5.32 Å². The number of hydrogen-bond acceptors (Lipinski definition) is 4. The van der Waals surface area contributed by atoms with Gasteiger partial charge in [-0.05, 0) is 28.9 Å². The lowest BCUT2D eigenvalue weighted by atomic mass is 10.3. The molecule has 0 saturated heterocycles. The molecule has 0 atom stereocenters. The number of carbonyl (C=O) groups is 1. The summed E-state index contributed by atoms with van der Waals surface area (Å²) >= 11 is 3.33. The van der Waals surface area contributed by atoms with Crippen LogP contribution in [0.15, 0.2) is 35.3 Å². The molecule has 3 aromatic rings. The molecule has 114 valence electrons. The number of carbonyl (C=O) groups excluding carboxylic acids is 1. The highest BCUT2D eigenvalue weighted by molar-refractivity contribution is 9.10. The molecule has 8 nitrogen and oxygen atoms in total. The van der Waals surface area contributed by atoms with Crippen LogP contribution in [0.25, 0.3) is 0 Å². The monoisotopic (exact) mass is 363 g/mol. The van der Waals surface area contributed by atoms with Crippen molar-refractivity contribution in [3.05, 3.63) is 46.7 Å². The van der Waals surface area contributed by atoms with Gasteiger partial charge in [-0.1, -0.05) is 0 Å². The van der Waals surface area contributed by atoms with E-state index in [4.69, 9.17) is 0 Å². The number of aryl methyl sites for hydroxylation is 1. The molecular formula is C13H14BrN7O. The van der Waals surface area contributed by atoms with Crippen LogP contribution in [0.5, 0.6) is 0 Å². The van der Waals surface area contributed by atoms with Crippen molar-refractivity contribution in [3.8, 4) is 0 Å². The minimum absolute atomic E-state index is 0.267. The standard InChI is InChI=1S/C13H14BrN7O/c1-9-12(6-15-19(9)2)17-13(22)11-3-4-20(18-11)8-21-7-10(14)5-16-21/h3-7H,8H2,1-2H3,(H,17,22). The highest BCUT2D eigenvalue weighted by Crippen LogP contribution is 2.13. The van der Waals surface area contributed by atoms with Crippen LogP contribution in [0.4, 0.5) is 5.69 Å². The molecule has 3 heterocycles. The topological polar surface area (TPSA) is 82.6 Å². The summed E-state index contributed by atoms with van der Waals surface area (Å²) in [5.41, 5.74) is 1.90. The zero-order chi connectivity index (χ0) is 15.7. The Balaban J connectivity index is 1.70.